The Morgan fingerprint density at radius 2 is 1.12 bits per heavy atom. The van der Waals surface area contributed by atoms with Crippen molar-refractivity contribution in [3.63, 3.8) is 0 Å². The molecule has 0 radical (unpaired) electrons. The first-order valence-corrected chi connectivity index (χ1v) is 10.6. The van der Waals surface area contributed by atoms with E-state index in [0.29, 0.717) is 11.7 Å². The highest BCUT2D eigenvalue weighted by molar-refractivity contribution is 7.95. The van der Waals surface area contributed by atoms with Crippen molar-refractivity contribution in [3.05, 3.63) is 103 Å². The Balaban J connectivity index is 2.28. The van der Waals surface area contributed by atoms with Gasteiger partial charge in [-0.15, -0.1) is 0 Å². The molecule has 0 saturated carbocycles. The highest BCUT2D eigenvalue weighted by Gasteiger charge is 2.44. The summed E-state index contributed by atoms with van der Waals surface area (Å²) in [6.07, 6.45) is 2.56. The Kier molecular flexibility index (Phi) is 5.65. The summed E-state index contributed by atoms with van der Waals surface area (Å²) in [5.41, 5.74) is 0.386. The Hall–Kier alpha value is -2.70. The van der Waals surface area contributed by atoms with E-state index < -0.39 is 13.2 Å². The first-order valence-electron chi connectivity index (χ1n) is 8.59. The molecule has 26 heavy (non-hydrogen) atoms. The molecule has 3 aromatic carbocycles. The van der Waals surface area contributed by atoms with E-state index in [1.165, 1.54) is 15.9 Å². The minimum Gasteiger partial charge on any atom is -0.478 e. The number of aliphatic carboxylic acids is 1. The van der Waals surface area contributed by atoms with Crippen LogP contribution in [0.15, 0.2) is 103 Å². The lowest BCUT2D eigenvalue weighted by Crippen LogP contribution is -2.33. The maximum atomic E-state index is 11.4. The highest BCUT2D eigenvalue weighted by Crippen LogP contribution is 2.55. The SMILES string of the molecule is CC(=CC[P+](c1ccccc1)(c1ccccc1)c1ccccc1)C(=O)O. The first-order chi connectivity index (χ1) is 12.6. The second-order valence-corrected chi connectivity index (χ2v) is 9.73. The van der Waals surface area contributed by atoms with Gasteiger partial charge in [-0.05, 0) is 49.4 Å². The number of allylic oxidation sites excluding steroid dienone is 1. The molecule has 0 aromatic heterocycles. The Labute approximate surface area is 155 Å². The summed E-state index contributed by atoms with van der Waals surface area (Å²) in [7, 11) is -1.99. The second kappa shape index (κ2) is 8.12. The molecule has 0 aliphatic heterocycles. The summed E-state index contributed by atoms with van der Waals surface area (Å²) in [5, 5.41) is 13.1. The number of hydrogen-bond donors (Lipinski definition) is 1. The fourth-order valence-electron chi connectivity index (χ4n) is 3.17. The van der Waals surface area contributed by atoms with Crippen LogP contribution in [0.4, 0.5) is 0 Å². The Morgan fingerprint density at radius 1 is 0.769 bits per heavy atom. The lowest BCUT2D eigenvalue weighted by molar-refractivity contribution is -0.132. The van der Waals surface area contributed by atoms with Gasteiger partial charge in [-0.25, -0.2) is 4.79 Å². The van der Waals surface area contributed by atoms with Crippen molar-refractivity contribution in [2.75, 3.05) is 6.16 Å². The van der Waals surface area contributed by atoms with E-state index in [1.54, 1.807) is 6.92 Å². The van der Waals surface area contributed by atoms with Crippen molar-refractivity contribution >= 4 is 29.1 Å². The second-order valence-electron chi connectivity index (χ2n) is 6.19. The number of carbonyl (C=O) groups is 1. The standard InChI is InChI=1S/C23H21O2P/c1-19(23(24)25)17-18-26(20-11-5-2-6-12-20,21-13-7-3-8-14-21)22-15-9-4-10-16-22/h2-17H,18H2,1H3/p+1. The lowest BCUT2D eigenvalue weighted by atomic mass is 10.3. The molecule has 0 aliphatic rings. The lowest BCUT2D eigenvalue weighted by Gasteiger charge is -2.26. The van der Waals surface area contributed by atoms with Crippen LogP contribution in [0.3, 0.4) is 0 Å². The topological polar surface area (TPSA) is 37.3 Å². The molecule has 0 atom stereocenters. The van der Waals surface area contributed by atoms with Crippen molar-refractivity contribution in [2.24, 2.45) is 0 Å². The summed E-state index contributed by atoms with van der Waals surface area (Å²) < 4.78 is 0. The minimum atomic E-state index is -1.99. The zero-order chi connectivity index (χ0) is 18.4. The quantitative estimate of drug-likeness (QED) is 0.532. The van der Waals surface area contributed by atoms with Crippen molar-refractivity contribution in [1.82, 2.24) is 0 Å². The fraction of sp³-hybridized carbons (Fsp3) is 0.0870. The van der Waals surface area contributed by atoms with E-state index in [4.69, 9.17) is 0 Å². The largest absolute Gasteiger partial charge is 0.478 e. The van der Waals surface area contributed by atoms with E-state index in [1.807, 2.05) is 24.3 Å². The maximum Gasteiger partial charge on any atom is 0.331 e. The van der Waals surface area contributed by atoms with Gasteiger partial charge in [0.2, 0.25) is 0 Å². The van der Waals surface area contributed by atoms with Gasteiger partial charge in [-0.3, -0.25) is 0 Å². The molecule has 3 rings (SSSR count). The van der Waals surface area contributed by atoms with Gasteiger partial charge in [0.05, 0.1) is 6.16 Å². The molecular formula is C23H22O2P+. The van der Waals surface area contributed by atoms with Crippen LogP contribution < -0.4 is 15.9 Å². The molecule has 0 amide bonds. The monoisotopic (exact) mass is 361 g/mol. The fourth-order valence-corrected chi connectivity index (χ4v) is 7.29. The van der Waals surface area contributed by atoms with E-state index in [9.17, 15) is 9.90 Å². The smallest absolute Gasteiger partial charge is 0.331 e. The van der Waals surface area contributed by atoms with Crippen LogP contribution in [0.5, 0.6) is 0 Å². The van der Waals surface area contributed by atoms with Gasteiger partial charge in [0, 0.05) is 5.57 Å². The van der Waals surface area contributed by atoms with Crippen LogP contribution in [0.2, 0.25) is 0 Å². The third kappa shape index (κ3) is 3.61. The van der Waals surface area contributed by atoms with E-state index in [0.717, 1.165) is 0 Å². The third-order valence-corrected chi connectivity index (χ3v) is 8.87. The van der Waals surface area contributed by atoms with E-state index >= 15 is 0 Å². The van der Waals surface area contributed by atoms with Crippen molar-refractivity contribution in [3.8, 4) is 0 Å². The number of hydrogen-bond acceptors (Lipinski definition) is 1. The van der Waals surface area contributed by atoms with Gasteiger partial charge in [0.1, 0.15) is 23.2 Å². The maximum absolute atomic E-state index is 11.4. The van der Waals surface area contributed by atoms with Crippen LogP contribution in [0.25, 0.3) is 0 Å². The normalized spacial score (nSPS) is 12.0. The van der Waals surface area contributed by atoms with E-state index in [2.05, 4.69) is 72.8 Å². The number of carboxylic acids is 1. The average Bonchev–Trinajstić information content (AvgIpc) is 2.70. The molecule has 2 nitrogen and oxygen atoms in total. The Morgan fingerprint density at radius 3 is 1.42 bits per heavy atom. The van der Waals surface area contributed by atoms with Crippen LogP contribution in [0.1, 0.15) is 6.92 Å². The predicted molar refractivity (Wildman–Crippen MR) is 111 cm³/mol. The molecule has 0 spiro atoms. The van der Waals surface area contributed by atoms with Crippen LogP contribution in [-0.2, 0) is 4.79 Å². The molecule has 3 heteroatoms. The summed E-state index contributed by atoms with van der Waals surface area (Å²) >= 11 is 0. The van der Waals surface area contributed by atoms with Crippen molar-refractivity contribution in [2.45, 2.75) is 6.92 Å². The van der Waals surface area contributed by atoms with Gasteiger partial charge in [0.25, 0.3) is 0 Å². The molecular weight excluding hydrogens is 339 g/mol. The number of carboxylic acid groups (broad SMARTS) is 1. The summed E-state index contributed by atoms with van der Waals surface area (Å²) in [6, 6.07) is 31.4. The van der Waals surface area contributed by atoms with Crippen molar-refractivity contribution < 1.29 is 9.90 Å². The predicted octanol–water partition coefficient (Wildman–Crippen LogP) is 4.01. The average molecular weight is 361 g/mol. The molecule has 0 fully saturated rings. The van der Waals surface area contributed by atoms with E-state index in [-0.39, 0.29) is 0 Å². The van der Waals surface area contributed by atoms with Crippen LogP contribution >= 0.6 is 7.26 Å². The van der Waals surface area contributed by atoms with Crippen molar-refractivity contribution in [1.29, 1.82) is 0 Å². The van der Waals surface area contributed by atoms with Gasteiger partial charge >= 0.3 is 5.97 Å². The van der Waals surface area contributed by atoms with Gasteiger partial charge < -0.3 is 5.11 Å². The van der Waals surface area contributed by atoms with Gasteiger partial charge in [0.15, 0.2) is 0 Å². The number of rotatable bonds is 6. The molecule has 1 N–H and O–H groups in total. The summed E-state index contributed by atoms with van der Waals surface area (Å²) in [6.45, 7) is 1.66. The Bertz CT molecular complexity index is 791. The van der Waals surface area contributed by atoms with Crippen LogP contribution in [-0.4, -0.2) is 17.2 Å². The first kappa shape index (κ1) is 18.1. The zero-order valence-electron chi connectivity index (χ0n) is 14.7. The van der Waals surface area contributed by atoms with Crippen LogP contribution in [0, 0.1) is 0 Å². The molecule has 0 saturated heterocycles. The van der Waals surface area contributed by atoms with Gasteiger partial charge in [-0.1, -0.05) is 54.6 Å². The molecule has 0 unspecified atom stereocenters. The molecule has 0 heterocycles. The third-order valence-electron chi connectivity index (χ3n) is 4.60. The molecule has 0 aliphatic carbocycles. The minimum absolute atomic E-state index is 0.386. The molecule has 3 aromatic rings. The molecule has 130 valence electrons. The zero-order valence-corrected chi connectivity index (χ0v) is 15.6. The van der Waals surface area contributed by atoms with Gasteiger partial charge in [-0.2, -0.15) is 0 Å². The highest BCUT2D eigenvalue weighted by atomic mass is 31.2. The number of benzene rings is 3. The molecule has 0 bridgehead atoms. The summed E-state index contributed by atoms with van der Waals surface area (Å²) in [5.74, 6) is -0.864. The summed E-state index contributed by atoms with van der Waals surface area (Å²) in [4.78, 5) is 11.4.